The number of nitrogens with one attached hydrogen (secondary N) is 1. The Labute approximate surface area is 107 Å². The van der Waals surface area contributed by atoms with Crippen molar-refractivity contribution in [3.63, 3.8) is 0 Å². The molecule has 0 aromatic rings. The minimum atomic E-state index is 0.700. The highest BCUT2D eigenvalue weighted by Crippen LogP contribution is 2.17. The summed E-state index contributed by atoms with van der Waals surface area (Å²) in [5.74, 6) is 0. The molecule has 1 heterocycles. The Balaban J connectivity index is 1.64. The van der Waals surface area contributed by atoms with E-state index in [0.717, 1.165) is 6.04 Å². The minimum Gasteiger partial charge on any atom is -0.312 e. The van der Waals surface area contributed by atoms with Gasteiger partial charge in [0.1, 0.15) is 0 Å². The highest BCUT2D eigenvalue weighted by Gasteiger charge is 2.20. The second-order valence-corrected chi connectivity index (χ2v) is 5.93. The molecule has 1 aliphatic heterocycles. The van der Waals surface area contributed by atoms with Crippen molar-refractivity contribution in [2.24, 2.45) is 0 Å². The second-order valence-electron chi connectivity index (χ2n) is 5.93. The van der Waals surface area contributed by atoms with Gasteiger partial charge in [-0.25, -0.2) is 0 Å². The van der Waals surface area contributed by atoms with Gasteiger partial charge < -0.3 is 10.2 Å². The van der Waals surface area contributed by atoms with Crippen LogP contribution >= 0.6 is 0 Å². The summed E-state index contributed by atoms with van der Waals surface area (Å²) in [6.07, 6.45) is 7.11. The predicted octanol–water partition coefficient (Wildman–Crippen LogP) is 1.54. The lowest BCUT2D eigenvalue weighted by atomic mass is 9.95. The molecule has 0 spiro atoms. The topological polar surface area (TPSA) is 18.5 Å². The van der Waals surface area contributed by atoms with Crippen LogP contribution < -0.4 is 5.32 Å². The smallest absolute Gasteiger partial charge is 0.0193 e. The van der Waals surface area contributed by atoms with Gasteiger partial charge in [0.15, 0.2) is 0 Å². The summed E-state index contributed by atoms with van der Waals surface area (Å²) < 4.78 is 0. The molecule has 3 nitrogen and oxygen atoms in total. The van der Waals surface area contributed by atoms with Crippen LogP contribution in [0.4, 0.5) is 0 Å². The fourth-order valence-corrected chi connectivity index (χ4v) is 3.04. The zero-order valence-electron chi connectivity index (χ0n) is 11.6. The fraction of sp³-hybridized carbons (Fsp3) is 1.00. The van der Waals surface area contributed by atoms with Gasteiger partial charge in [-0.3, -0.25) is 4.90 Å². The molecule has 100 valence electrons. The van der Waals surface area contributed by atoms with Gasteiger partial charge in [-0.15, -0.1) is 0 Å². The van der Waals surface area contributed by atoms with E-state index in [1.165, 1.54) is 64.8 Å². The van der Waals surface area contributed by atoms with Crippen molar-refractivity contribution in [1.82, 2.24) is 15.1 Å². The SMILES string of the molecule is CC(CNC1CCCCC1)N1CCN(C)CC1. The molecule has 0 radical (unpaired) electrons. The molecule has 1 N–H and O–H groups in total. The molecule has 2 fully saturated rings. The van der Waals surface area contributed by atoms with E-state index >= 15 is 0 Å². The maximum absolute atomic E-state index is 3.77. The van der Waals surface area contributed by atoms with Gasteiger partial charge in [0, 0.05) is 44.8 Å². The Bertz CT molecular complexity index is 206. The summed E-state index contributed by atoms with van der Waals surface area (Å²) in [7, 11) is 2.22. The third-order valence-electron chi connectivity index (χ3n) is 4.47. The molecule has 2 aliphatic rings. The first-order chi connectivity index (χ1) is 8.25. The second kappa shape index (κ2) is 6.72. The number of nitrogens with zero attached hydrogens (tertiary/aromatic N) is 2. The standard InChI is InChI=1S/C14H29N3/c1-13(17-10-8-16(2)9-11-17)12-15-14-6-4-3-5-7-14/h13-15H,3-12H2,1-2H3. The Hall–Kier alpha value is -0.120. The molecule has 1 saturated carbocycles. The molecule has 0 amide bonds. The Kier molecular flexibility index (Phi) is 5.26. The summed E-state index contributed by atoms with van der Waals surface area (Å²) in [5.41, 5.74) is 0. The van der Waals surface area contributed by atoms with E-state index in [9.17, 15) is 0 Å². The Morgan fingerprint density at radius 2 is 1.71 bits per heavy atom. The van der Waals surface area contributed by atoms with E-state index in [0.29, 0.717) is 6.04 Å². The highest BCUT2D eigenvalue weighted by molar-refractivity contribution is 4.79. The van der Waals surface area contributed by atoms with E-state index in [4.69, 9.17) is 0 Å². The maximum atomic E-state index is 3.77. The molecule has 0 bridgehead atoms. The lowest BCUT2D eigenvalue weighted by molar-refractivity contribution is 0.115. The van der Waals surface area contributed by atoms with Gasteiger partial charge in [-0.1, -0.05) is 19.3 Å². The molecule has 0 aromatic carbocycles. The lowest BCUT2D eigenvalue weighted by Gasteiger charge is -2.37. The Morgan fingerprint density at radius 1 is 1.06 bits per heavy atom. The minimum absolute atomic E-state index is 0.700. The predicted molar refractivity (Wildman–Crippen MR) is 73.4 cm³/mol. The van der Waals surface area contributed by atoms with Gasteiger partial charge in [0.2, 0.25) is 0 Å². The van der Waals surface area contributed by atoms with E-state index in [1.807, 2.05) is 0 Å². The van der Waals surface area contributed by atoms with Crippen LogP contribution in [0.5, 0.6) is 0 Å². The average molecular weight is 239 g/mol. The van der Waals surface area contributed by atoms with Crippen molar-refractivity contribution in [3.05, 3.63) is 0 Å². The van der Waals surface area contributed by atoms with E-state index in [2.05, 4.69) is 29.1 Å². The van der Waals surface area contributed by atoms with Crippen LogP contribution in [-0.2, 0) is 0 Å². The van der Waals surface area contributed by atoms with Crippen LogP contribution in [0.1, 0.15) is 39.0 Å². The summed E-state index contributed by atoms with van der Waals surface area (Å²) in [6.45, 7) is 8.49. The van der Waals surface area contributed by atoms with Crippen LogP contribution in [0.2, 0.25) is 0 Å². The summed E-state index contributed by atoms with van der Waals surface area (Å²) in [6, 6.07) is 1.50. The van der Waals surface area contributed by atoms with Gasteiger partial charge >= 0.3 is 0 Å². The van der Waals surface area contributed by atoms with Gasteiger partial charge in [0.05, 0.1) is 0 Å². The van der Waals surface area contributed by atoms with Crippen LogP contribution in [0.15, 0.2) is 0 Å². The molecule has 1 atom stereocenters. The third-order valence-corrected chi connectivity index (χ3v) is 4.47. The highest BCUT2D eigenvalue weighted by atomic mass is 15.3. The summed E-state index contributed by atoms with van der Waals surface area (Å²) in [5, 5.41) is 3.77. The maximum Gasteiger partial charge on any atom is 0.0193 e. The zero-order valence-corrected chi connectivity index (χ0v) is 11.6. The first kappa shape index (κ1) is 13.3. The summed E-state index contributed by atoms with van der Waals surface area (Å²) >= 11 is 0. The lowest BCUT2D eigenvalue weighted by Crippen LogP contribution is -2.51. The average Bonchev–Trinajstić information content (AvgIpc) is 2.38. The molecule has 1 unspecified atom stereocenters. The quantitative estimate of drug-likeness (QED) is 0.803. The molecule has 0 aromatic heterocycles. The van der Waals surface area contributed by atoms with Gasteiger partial charge in [-0.05, 0) is 26.8 Å². The molecule has 2 rings (SSSR count). The number of piperazine rings is 1. The molecular formula is C14H29N3. The molecule has 1 aliphatic carbocycles. The first-order valence-corrected chi connectivity index (χ1v) is 7.41. The first-order valence-electron chi connectivity index (χ1n) is 7.41. The van der Waals surface area contributed by atoms with Crippen molar-refractivity contribution in [3.8, 4) is 0 Å². The van der Waals surface area contributed by atoms with Crippen LogP contribution in [0.25, 0.3) is 0 Å². The Morgan fingerprint density at radius 3 is 2.35 bits per heavy atom. The molecule has 1 saturated heterocycles. The monoisotopic (exact) mass is 239 g/mol. The van der Waals surface area contributed by atoms with Crippen molar-refractivity contribution >= 4 is 0 Å². The number of likely N-dealkylation sites (N-methyl/N-ethyl adjacent to an activating group) is 1. The van der Waals surface area contributed by atoms with E-state index in [-0.39, 0.29) is 0 Å². The van der Waals surface area contributed by atoms with Gasteiger partial charge in [0.25, 0.3) is 0 Å². The number of rotatable bonds is 4. The summed E-state index contributed by atoms with van der Waals surface area (Å²) in [4.78, 5) is 5.06. The van der Waals surface area contributed by atoms with Gasteiger partial charge in [-0.2, -0.15) is 0 Å². The van der Waals surface area contributed by atoms with Crippen LogP contribution in [-0.4, -0.2) is 61.7 Å². The third kappa shape index (κ3) is 4.23. The van der Waals surface area contributed by atoms with Crippen molar-refractivity contribution in [2.75, 3.05) is 39.8 Å². The van der Waals surface area contributed by atoms with E-state index < -0.39 is 0 Å². The largest absolute Gasteiger partial charge is 0.312 e. The van der Waals surface area contributed by atoms with E-state index in [1.54, 1.807) is 0 Å². The molecule has 3 heteroatoms. The fourth-order valence-electron chi connectivity index (χ4n) is 3.04. The molecule has 17 heavy (non-hydrogen) atoms. The number of hydrogen-bond donors (Lipinski definition) is 1. The van der Waals surface area contributed by atoms with Crippen LogP contribution in [0.3, 0.4) is 0 Å². The molecular weight excluding hydrogens is 210 g/mol. The van der Waals surface area contributed by atoms with Crippen LogP contribution in [0, 0.1) is 0 Å². The van der Waals surface area contributed by atoms with Crippen molar-refractivity contribution in [2.45, 2.75) is 51.1 Å². The normalized spacial score (nSPS) is 27.2. The number of hydrogen-bond acceptors (Lipinski definition) is 3. The van der Waals surface area contributed by atoms with Crippen molar-refractivity contribution in [1.29, 1.82) is 0 Å². The zero-order chi connectivity index (χ0) is 12.1. The van der Waals surface area contributed by atoms with Crippen molar-refractivity contribution < 1.29 is 0 Å².